The van der Waals surface area contributed by atoms with Crippen LogP contribution in [-0.2, 0) is 11.2 Å². The maximum Gasteiger partial charge on any atom is 0.339 e. The minimum Gasteiger partial charge on any atom is -0.453 e. The number of para-hydroxylation sites is 2. The van der Waals surface area contributed by atoms with Crippen molar-refractivity contribution >= 4 is 29.1 Å². The first-order chi connectivity index (χ1) is 14.5. The molecule has 0 aromatic heterocycles. The summed E-state index contributed by atoms with van der Waals surface area (Å²) >= 11 is 0. The number of primary amides is 1. The molecular formula is C22H17N3O5. The molecule has 0 bridgehead atoms. The number of benzene rings is 3. The van der Waals surface area contributed by atoms with Crippen LogP contribution in [0.25, 0.3) is 0 Å². The maximum absolute atomic E-state index is 12.8. The molecule has 4 rings (SSSR count). The Balaban J connectivity index is 1.76. The summed E-state index contributed by atoms with van der Waals surface area (Å²) in [5.41, 5.74) is 8.08. The van der Waals surface area contributed by atoms with Gasteiger partial charge in [0.05, 0.1) is 21.9 Å². The van der Waals surface area contributed by atoms with Crippen molar-refractivity contribution in [2.45, 2.75) is 12.5 Å². The lowest BCUT2D eigenvalue weighted by Gasteiger charge is -2.23. The number of rotatable bonds is 3. The van der Waals surface area contributed by atoms with E-state index in [0.29, 0.717) is 23.4 Å². The summed E-state index contributed by atoms with van der Waals surface area (Å²) in [6.45, 7) is 0. The zero-order chi connectivity index (χ0) is 21.3. The molecule has 1 aliphatic heterocycles. The molecule has 0 saturated carbocycles. The van der Waals surface area contributed by atoms with Crippen LogP contribution in [0.4, 0.5) is 21.9 Å². The molecule has 0 aliphatic carbocycles. The van der Waals surface area contributed by atoms with E-state index >= 15 is 0 Å². The van der Waals surface area contributed by atoms with Gasteiger partial charge in [-0.3, -0.25) is 15.0 Å². The second-order valence-electron chi connectivity index (χ2n) is 6.77. The van der Waals surface area contributed by atoms with Crippen molar-refractivity contribution in [2.24, 2.45) is 5.73 Å². The number of carbonyl (C=O) groups is 2. The molecular weight excluding hydrogens is 386 g/mol. The summed E-state index contributed by atoms with van der Waals surface area (Å²) in [4.78, 5) is 36.9. The van der Waals surface area contributed by atoms with Crippen molar-refractivity contribution in [1.29, 1.82) is 0 Å². The summed E-state index contributed by atoms with van der Waals surface area (Å²) in [5, 5.41) is 11.0. The molecule has 8 nitrogen and oxygen atoms in total. The molecule has 150 valence electrons. The number of nitrogens with two attached hydrogens (primary N) is 1. The topological polar surface area (TPSA) is 116 Å². The van der Waals surface area contributed by atoms with Crippen molar-refractivity contribution in [3.05, 3.63) is 99.6 Å². The molecule has 0 fully saturated rings. The fourth-order valence-corrected chi connectivity index (χ4v) is 3.59. The first-order valence-electron chi connectivity index (χ1n) is 9.17. The number of hydrogen-bond acceptors (Lipinski definition) is 5. The van der Waals surface area contributed by atoms with Crippen LogP contribution < -0.4 is 10.6 Å². The van der Waals surface area contributed by atoms with Gasteiger partial charge in [0, 0.05) is 24.1 Å². The van der Waals surface area contributed by atoms with Gasteiger partial charge in [-0.15, -0.1) is 0 Å². The van der Waals surface area contributed by atoms with Crippen LogP contribution in [-0.4, -0.2) is 16.9 Å². The van der Waals surface area contributed by atoms with E-state index in [1.807, 2.05) is 12.1 Å². The van der Waals surface area contributed by atoms with E-state index < -0.39 is 23.0 Å². The number of nitrogens with zero attached hydrogens (tertiary/aromatic N) is 2. The third kappa shape index (κ3) is 3.46. The standard InChI is InChI=1S/C22H17N3O5/c23-22(27)24-18-10-3-1-6-14(18)13-20(17-9-2-4-11-19(17)24)30-21(26)15-7-5-8-16(12-15)25(28)29/h1-12,20H,13H2,(H2,23,27)/t20-/m0/s1. The van der Waals surface area contributed by atoms with Crippen LogP contribution in [0, 0.1) is 10.1 Å². The monoisotopic (exact) mass is 403 g/mol. The number of urea groups is 1. The number of fused-ring (bicyclic) bond motifs is 2. The average molecular weight is 403 g/mol. The lowest BCUT2D eigenvalue weighted by atomic mass is 10.0. The number of carbonyl (C=O) groups excluding carboxylic acids is 2. The van der Waals surface area contributed by atoms with Crippen LogP contribution in [0.15, 0.2) is 72.8 Å². The number of hydrogen-bond donors (Lipinski definition) is 1. The molecule has 3 aromatic carbocycles. The SMILES string of the molecule is NC(=O)N1c2ccccc2C[C@H](OC(=O)c2cccc([N+](=O)[O-])c2)c2ccccc21. The number of nitro benzene ring substituents is 1. The second kappa shape index (κ2) is 7.67. The van der Waals surface area contributed by atoms with Gasteiger partial charge in [-0.25, -0.2) is 9.59 Å². The molecule has 0 spiro atoms. The third-order valence-electron chi connectivity index (χ3n) is 4.92. The van der Waals surface area contributed by atoms with Crippen molar-refractivity contribution in [3.8, 4) is 0 Å². The van der Waals surface area contributed by atoms with E-state index in [1.54, 1.807) is 36.4 Å². The molecule has 1 heterocycles. The molecule has 3 aromatic rings. The third-order valence-corrected chi connectivity index (χ3v) is 4.92. The molecule has 1 atom stereocenters. The molecule has 1 aliphatic rings. The fourth-order valence-electron chi connectivity index (χ4n) is 3.59. The largest absolute Gasteiger partial charge is 0.453 e. The van der Waals surface area contributed by atoms with Crippen molar-refractivity contribution < 1.29 is 19.2 Å². The Kier molecular flexibility index (Phi) is 4.89. The highest BCUT2D eigenvalue weighted by atomic mass is 16.6. The predicted molar refractivity (Wildman–Crippen MR) is 110 cm³/mol. The minimum atomic E-state index is -0.710. The van der Waals surface area contributed by atoms with Gasteiger partial charge in [0.1, 0.15) is 6.10 Å². The molecule has 8 heteroatoms. The van der Waals surface area contributed by atoms with Gasteiger partial charge in [-0.2, -0.15) is 0 Å². The number of anilines is 2. The Morgan fingerprint density at radius 2 is 1.70 bits per heavy atom. The van der Waals surface area contributed by atoms with Gasteiger partial charge >= 0.3 is 12.0 Å². The summed E-state index contributed by atoms with van der Waals surface area (Å²) in [7, 11) is 0. The van der Waals surface area contributed by atoms with Crippen molar-refractivity contribution in [3.63, 3.8) is 0 Å². The van der Waals surface area contributed by atoms with Crippen LogP contribution in [0.1, 0.15) is 27.6 Å². The zero-order valence-electron chi connectivity index (χ0n) is 15.7. The summed E-state index contributed by atoms with van der Waals surface area (Å²) in [5.74, 6) is -0.691. The van der Waals surface area contributed by atoms with Crippen molar-refractivity contribution in [2.75, 3.05) is 4.90 Å². The Bertz CT molecular complexity index is 1160. The van der Waals surface area contributed by atoms with Crippen LogP contribution in [0.5, 0.6) is 0 Å². The van der Waals surface area contributed by atoms with Crippen LogP contribution in [0.3, 0.4) is 0 Å². The Hall–Kier alpha value is -4.20. The molecule has 30 heavy (non-hydrogen) atoms. The highest BCUT2D eigenvalue weighted by molar-refractivity contribution is 6.00. The van der Waals surface area contributed by atoms with E-state index in [4.69, 9.17) is 10.5 Å². The molecule has 0 radical (unpaired) electrons. The molecule has 0 unspecified atom stereocenters. The Labute approximate surface area is 171 Å². The number of esters is 1. The normalized spacial score (nSPS) is 14.8. The fraction of sp³-hybridized carbons (Fsp3) is 0.0909. The number of amides is 2. The highest BCUT2D eigenvalue weighted by Crippen LogP contribution is 2.41. The lowest BCUT2D eigenvalue weighted by Crippen LogP contribution is -2.32. The predicted octanol–water partition coefficient (Wildman–Crippen LogP) is 4.27. The van der Waals surface area contributed by atoms with Crippen LogP contribution in [0.2, 0.25) is 0 Å². The van der Waals surface area contributed by atoms with E-state index in [1.165, 1.54) is 29.2 Å². The minimum absolute atomic E-state index is 0.0750. The van der Waals surface area contributed by atoms with Gasteiger partial charge in [-0.05, 0) is 23.8 Å². The molecule has 0 saturated heterocycles. The first-order valence-corrected chi connectivity index (χ1v) is 9.17. The quantitative estimate of drug-likeness (QED) is 0.398. The number of ether oxygens (including phenoxy) is 1. The first kappa shape index (κ1) is 19.1. The Morgan fingerprint density at radius 3 is 2.43 bits per heavy atom. The van der Waals surface area contributed by atoms with Gasteiger partial charge in [0.25, 0.3) is 5.69 Å². The summed E-state index contributed by atoms with van der Waals surface area (Å²) in [6.07, 6.45) is -0.393. The summed E-state index contributed by atoms with van der Waals surface area (Å²) < 4.78 is 5.76. The van der Waals surface area contributed by atoms with Gasteiger partial charge in [0.15, 0.2) is 0 Å². The van der Waals surface area contributed by atoms with Gasteiger partial charge < -0.3 is 10.5 Å². The smallest absolute Gasteiger partial charge is 0.339 e. The number of nitro groups is 1. The lowest BCUT2D eigenvalue weighted by molar-refractivity contribution is -0.384. The number of non-ortho nitro benzene ring substituents is 1. The van der Waals surface area contributed by atoms with Gasteiger partial charge in [-0.1, -0.05) is 42.5 Å². The molecule has 2 amide bonds. The second-order valence-corrected chi connectivity index (χ2v) is 6.77. The highest BCUT2D eigenvalue weighted by Gasteiger charge is 2.31. The van der Waals surface area contributed by atoms with E-state index in [-0.39, 0.29) is 11.3 Å². The maximum atomic E-state index is 12.8. The zero-order valence-corrected chi connectivity index (χ0v) is 15.7. The van der Waals surface area contributed by atoms with Crippen molar-refractivity contribution in [1.82, 2.24) is 0 Å². The van der Waals surface area contributed by atoms with E-state index in [9.17, 15) is 19.7 Å². The van der Waals surface area contributed by atoms with Crippen LogP contribution >= 0.6 is 0 Å². The van der Waals surface area contributed by atoms with E-state index in [0.717, 1.165) is 5.56 Å². The van der Waals surface area contributed by atoms with E-state index in [2.05, 4.69) is 0 Å². The molecule has 2 N–H and O–H groups in total. The average Bonchev–Trinajstić information content (AvgIpc) is 2.88. The summed E-state index contributed by atoms with van der Waals surface area (Å²) in [6, 6.07) is 19.0. The van der Waals surface area contributed by atoms with Gasteiger partial charge in [0.2, 0.25) is 0 Å². The Morgan fingerprint density at radius 1 is 1.00 bits per heavy atom.